The number of benzene rings is 2. The van der Waals surface area contributed by atoms with Gasteiger partial charge in [-0.3, -0.25) is 4.79 Å². The molecule has 0 fully saturated rings. The number of ketones is 1. The average Bonchev–Trinajstić information content (AvgIpc) is 2.55. The predicted molar refractivity (Wildman–Crippen MR) is 88.7 cm³/mol. The second-order valence-electron chi connectivity index (χ2n) is 5.66. The lowest BCUT2D eigenvalue weighted by Crippen LogP contribution is -2.10. The summed E-state index contributed by atoms with van der Waals surface area (Å²) in [5.41, 5.74) is 3.97. The van der Waals surface area contributed by atoms with Crippen LogP contribution in [-0.4, -0.2) is 10.8 Å². The summed E-state index contributed by atoms with van der Waals surface area (Å²) in [6.45, 7) is 0. The SMILES string of the molecule is O=C1CCCc2cc(Nc3ccc4ccccc4n3)ccc21. The summed E-state index contributed by atoms with van der Waals surface area (Å²) < 4.78 is 0. The number of aromatic nitrogens is 1. The van der Waals surface area contributed by atoms with E-state index in [1.54, 1.807) is 0 Å². The lowest BCUT2D eigenvalue weighted by Gasteiger charge is -2.16. The van der Waals surface area contributed by atoms with Gasteiger partial charge in [0.25, 0.3) is 0 Å². The monoisotopic (exact) mass is 288 g/mol. The molecule has 1 aliphatic rings. The molecular formula is C19H16N2O. The van der Waals surface area contributed by atoms with Crippen molar-refractivity contribution in [3.63, 3.8) is 0 Å². The van der Waals surface area contributed by atoms with Crippen molar-refractivity contribution in [1.82, 2.24) is 4.98 Å². The third-order valence-electron chi connectivity index (χ3n) is 4.13. The molecule has 0 radical (unpaired) electrons. The summed E-state index contributed by atoms with van der Waals surface area (Å²) in [5, 5.41) is 4.47. The van der Waals surface area contributed by atoms with Crippen LogP contribution in [0, 0.1) is 0 Å². The summed E-state index contributed by atoms with van der Waals surface area (Å²) in [6, 6.07) is 18.1. The van der Waals surface area contributed by atoms with Crippen LogP contribution < -0.4 is 5.32 Å². The molecular weight excluding hydrogens is 272 g/mol. The minimum atomic E-state index is 0.261. The molecule has 2 aromatic carbocycles. The molecule has 1 aliphatic carbocycles. The summed E-state index contributed by atoms with van der Waals surface area (Å²) in [7, 11) is 0. The third kappa shape index (κ3) is 2.35. The van der Waals surface area contributed by atoms with Crippen molar-refractivity contribution >= 4 is 28.2 Å². The molecule has 0 bridgehead atoms. The quantitative estimate of drug-likeness (QED) is 0.755. The van der Waals surface area contributed by atoms with Gasteiger partial charge in [0.05, 0.1) is 5.52 Å². The van der Waals surface area contributed by atoms with E-state index in [1.165, 1.54) is 0 Å². The van der Waals surface area contributed by atoms with Crippen molar-refractivity contribution in [2.45, 2.75) is 19.3 Å². The number of para-hydroxylation sites is 1. The van der Waals surface area contributed by atoms with E-state index in [1.807, 2.05) is 36.4 Å². The first kappa shape index (κ1) is 13.0. The molecule has 1 N–H and O–H groups in total. The number of hydrogen-bond donors (Lipinski definition) is 1. The van der Waals surface area contributed by atoms with Crippen LogP contribution in [0.1, 0.15) is 28.8 Å². The van der Waals surface area contributed by atoms with Crippen LogP contribution in [0.5, 0.6) is 0 Å². The van der Waals surface area contributed by atoms with Crippen molar-refractivity contribution in [2.24, 2.45) is 0 Å². The fourth-order valence-corrected chi connectivity index (χ4v) is 3.01. The van der Waals surface area contributed by atoms with E-state index in [4.69, 9.17) is 0 Å². The molecule has 1 heterocycles. The number of Topliss-reactive ketones (excluding diaryl/α,β-unsaturated/α-hetero) is 1. The van der Waals surface area contributed by atoms with E-state index in [0.29, 0.717) is 6.42 Å². The Hall–Kier alpha value is -2.68. The zero-order chi connectivity index (χ0) is 14.9. The van der Waals surface area contributed by atoms with E-state index in [2.05, 4.69) is 28.5 Å². The molecule has 3 aromatic rings. The summed E-state index contributed by atoms with van der Waals surface area (Å²) in [5.74, 6) is 1.08. The largest absolute Gasteiger partial charge is 0.340 e. The zero-order valence-electron chi connectivity index (χ0n) is 12.2. The van der Waals surface area contributed by atoms with E-state index < -0.39 is 0 Å². The fraction of sp³-hybridized carbons (Fsp3) is 0.158. The van der Waals surface area contributed by atoms with Crippen molar-refractivity contribution in [1.29, 1.82) is 0 Å². The smallest absolute Gasteiger partial charge is 0.163 e. The van der Waals surface area contributed by atoms with Gasteiger partial charge in [-0.25, -0.2) is 4.98 Å². The molecule has 0 saturated heterocycles. The van der Waals surface area contributed by atoms with Crippen LogP contribution >= 0.6 is 0 Å². The molecule has 3 heteroatoms. The van der Waals surface area contributed by atoms with Gasteiger partial charge in [0.1, 0.15) is 5.82 Å². The number of carbonyl (C=O) groups excluding carboxylic acids is 1. The molecule has 108 valence electrons. The molecule has 0 saturated carbocycles. The van der Waals surface area contributed by atoms with Crippen LogP contribution in [0.3, 0.4) is 0 Å². The maximum Gasteiger partial charge on any atom is 0.163 e. The molecule has 4 rings (SSSR count). The average molecular weight is 288 g/mol. The number of carbonyl (C=O) groups is 1. The minimum absolute atomic E-state index is 0.261. The van der Waals surface area contributed by atoms with Gasteiger partial charge in [-0.15, -0.1) is 0 Å². The summed E-state index contributed by atoms with van der Waals surface area (Å²) in [6.07, 6.45) is 2.59. The molecule has 22 heavy (non-hydrogen) atoms. The number of pyridine rings is 1. The van der Waals surface area contributed by atoms with E-state index >= 15 is 0 Å². The topological polar surface area (TPSA) is 42.0 Å². The van der Waals surface area contributed by atoms with Gasteiger partial charge in [0, 0.05) is 23.1 Å². The molecule has 3 nitrogen and oxygen atoms in total. The lowest BCUT2D eigenvalue weighted by atomic mass is 9.90. The Bertz CT molecular complexity index is 870. The highest BCUT2D eigenvalue weighted by Gasteiger charge is 2.17. The van der Waals surface area contributed by atoms with Crippen molar-refractivity contribution in [3.05, 3.63) is 65.7 Å². The van der Waals surface area contributed by atoms with Gasteiger partial charge in [-0.1, -0.05) is 18.2 Å². The highest BCUT2D eigenvalue weighted by Crippen LogP contribution is 2.26. The minimum Gasteiger partial charge on any atom is -0.340 e. The standard InChI is InChI=1S/C19H16N2O/c22-18-7-3-5-14-12-15(9-10-16(14)18)20-19-11-8-13-4-1-2-6-17(13)21-19/h1-2,4,6,8-12H,3,5,7H2,(H,20,21). The molecule has 0 aliphatic heterocycles. The van der Waals surface area contributed by atoms with Gasteiger partial charge >= 0.3 is 0 Å². The first-order valence-corrected chi connectivity index (χ1v) is 7.58. The summed E-state index contributed by atoms with van der Waals surface area (Å²) in [4.78, 5) is 16.5. The Balaban J connectivity index is 1.66. The Kier molecular flexibility index (Phi) is 3.11. The second-order valence-corrected chi connectivity index (χ2v) is 5.66. The van der Waals surface area contributed by atoms with Crippen LogP contribution in [0.4, 0.5) is 11.5 Å². The van der Waals surface area contributed by atoms with Crippen LogP contribution in [-0.2, 0) is 6.42 Å². The van der Waals surface area contributed by atoms with E-state index in [-0.39, 0.29) is 5.78 Å². The van der Waals surface area contributed by atoms with Crippen molar-refractivity contribution in [3.8, 4) is 0 Å². The van der Waals surface area contributed by atoms with Crippen molar-refractivity contribution in [2.75, 3.05) is 5.32 Å². The number of nitrogens with one attached hydrogen (secondary N) is 1. The number of aryl methyl sites for hydroxylation is 1. The van der Waals surface area contributed by atoms with E-state index in [9.17, 15) is 4.79 Å². The Labute approximate surface area is 129 Å². The number of nitrogens with zero attached hydrogens (tertiary/aromatic N) is 1. The molecule has 0 amide bonds. The number of rotatable bonds is 2. The first-order valence-electron chi connectivity index (χ1n) is 7.58. The maximum atomic E-state index is 11.9. The Morgan fingerprint density at radius 3 is 2.82 bits per heavy atom. The zero-order valence-corrected chi connectivity index (χ0v) is 12.2. The highest BCUT2D eigenvalue weighted by atomic mass is 16.1. The van der Waals surface area contributed by atoms with Gasteiger partial charge < -0.3 is 5.32 Å². The van der Waals surface area contributed by atoms with Crippen LogP contribution in [0.25, 0.3) is 10.9 Å². The van der Waals surface area contributed by atoms with Gasteiger partial charge in [-0.05, 0) is 54.8 Å². The highest BCUT2D eigenvalue weighted by molar-refractivity contribution is 5.98. The third-order valence-corrected chi connectivity index (χ3v) is 4.13. The van der Waals surface area contributed by atoms with E-state index in [0.717, 1.165) is 46.4 Å². The van der Waals surface area contributed by atoms with Gasteiger partial charge in [-0.2, -0.15) is 0 Å². The molecule has 0 atom stereocenters. The lowest BCUT2D eigenvalue weighted by molar-refractivity contribution is 0.0972. The molecule has 0 spiro atoms. The van der Waals surface area contributed by atoms with Crippen LogP contribution in [0.15, 0.2) is 54.6 Å². The number of anilines is 2. The van der Waals surface area contributed by atoms with Gasteiger partial charge in [0.15, 0.2) is 5.78 Å². The van der Waals surface area contributed by atoms with Gasteiger partial charge in [0.2, 0.25) is 0 Å². The normalized spacial score (nSPS) is 13.9. The summed E-state index contributed by atoms with van der Waals surface area (Å²) >= 11 is 0. The fourth-order valence-electron chi connectivity index (χ4n) is 3.01. The number of fused-ring (bicyclic) bond motifs is 2. The second kappa shape index (κ2) is 5.26. The van der Waals surface area contributed by atoms with Crippen molar-refractivity contribution < 1.29 is 4.79 Å². The predicted octanol–water partition coefficient (Wildman–Crippen LogP) is 4.50. The number of hydrogen-bond acceptors (Lipinski definition) is 3. The molecule has 0 unspecified atom stereocenters. The molecule has 1 aromatic heterocycles. The maximum absolute atomic E-state index is 11.9. The Morgan fingerprint density at radius 1 is 0.955 bits per heavy atom. The van der Waals surface area contributed by atoms with Crippen LogP contribution in [0.2, 0.25) is 0 Å². The Morgan fingerprint density at radius 2 is 1.86 bits per heavy atom. The first-order chi connectivity index (χ1) is 10.8.